The van der Waals surface area contributed by atoms with Crippen LogP contribution in [0.2, 0.25) is 18.1 Å². The number of ether oxygens (including phenoxy) is 2. The molecule has 1 aromatic carbocycles. The van der Waals surface area contributed by atoms with Gasteiger partial charge >= 0.3 is 6.16 Å². The second-order valence-electron chi connectivity index (χ2n) is 7.74. The molecule has 0 saturated heterocycles. The normalized spacial score (nSPS) is 18.1. The summed E-state index contributed by atoms with van der Waals surface area (Å²) in [6.07, 6.45) is 6.29. The molecule has 1 atom stereocenters. The van der Waals surface area contributed by atoms with Gasteiger partial charge in [0.15, 0.2) is 5.76 Å². The van der Waals surface area contributed by atoms with Gasteiger partial charge in [-0.05, 0) is 37.0 Å². The van der Waals surface area contributed by atoms with E-state index < -0.39 is 14.5 Å². The van der Waals surface area contributed by atoms with Crippen LogP contribution >= 0.6 is 0 Å². The molecule has 0 spiro atoms. The van der Waals surface area contributed by atoms with E-state index in [-0.39, 0.29) is 11.1 Å². The van der Waals surface area contributed by atoms with Gasteiger partial charge in [0.25, 0.3) is 0 Å². The molecule has 25 heavy (non-hydrogen) atoms. The summed E-state index contributed by atoms with van der Waals surface area (Å²) in [7, 11) is -2.01. The fourth-order valence-electron chi connectivity index (χ4n) is 2.07. The molecule has 1 aromatic rings. The largest absolute Gasteiger partial charge is 0.546 e. The molecule has 2 rings (SSSR count). The highest BCUT2D eigenvalue weighted by atomic mass is 28.4. The molecule has 5 heteroatoms. The van der Waals surface area contributed by atoms with Crippen LogP contribution in [0.25, 0.3) is 5.76 Å². The zero-order valence-electron chi connectivity index (χ0n) is 15.7. The van der Waals surface area contributed by atoms with Crippen LogP contribution in [-0.4, -0.2) is 20.6 Å². The molecular weight excluding hydrogens is 332 g/mol. The van der Waals surface area contributed by atoms with Crippen molar-refractivity contribution in [2.45, 2.75) is 57.8 Å². The molecular formula is C20H28O4Si. The first-order chi connectivity index (χ1) is 11.7. The Morgan fingerprint density at radius 3 is 2.44 bits per heavy atom. The third kappa shape index (κ3) is 5.49. The van der Waals surface area contributed by atoms with Gasteiger partial charge in [-0.25, -0.2) is 4.79 Å². The van der Waals surface area contributed by atoms with Gasteiger partial charge in [0.05, 0.1) is 0 Å². The summed E-state index contributed by atoms with van der Waals surface area (Å²) in [6.45, 7) is 10.8. The first-order valence-corrected chi connectivity index (χ1v) is 11.6. The molecule has 0 aromatic heterocycles. The van der Waals surface area contributed by atoms with Crippen molar-refractivity contribution >= 4 is 20.2 Å². The average Bonchev–Trinajstić information content (AvgIpc) is 3.04. The minimum absolute atomic E-state index is 0.0560. The van der Waals surface area contributed by atoms with Gasteiger partial charge in [0, 0.05) is 5.56 Å². The summed E-state index contributed by atoms with van der Waals surface area (Å²) in [5, 5.41) is 0.0560. The number of hydrogen-bond donors (Lipinski definition) is 0. The maximum absolute atomic E-state index is 12.1. The van der Waals surface area contributed by atoms with Gasteiger partial charge < -0.3 is 13.9 Å². The maximum Gasteiger partial charge on any atom is 0.514 e. The predicted molar refractivity (Wildman–Crippen MR) is 102 cm³/mol. The van der Waals surface area contributed by atoms with Crippen molar-refractivity contribution in [1.82, 2.24) is 0 Å². The van der Waals surface area contributed by atoms with Gasteiger partial charge in [-0.2, -0.15) is 0 Å². The minimum atomic E-state index is -2.01. The quantitative estimate of drug-likeness (QED) is 0.285. The highest BCUT2D eigenvalue weighted by Crippen LogP contribution is 2.37. The predicted octanol–water partition coefficient (Wildman–Crippen LogP) is 5.88. The van der Waals surface area contributed by atoms with E-state index in [0.717, 1.165) is 18.4 Å². The smallest absolute Gasteiger partial charge is 0.514 e. The third-order valence-corrected chi connectivity index (χ3v) is 9.05. The second-order valence-corrected chi connectivity index (χ2v) is 12.5. The lowest BCUT2D eigenvalue weighted by atomic mass is 10.2. The summed E-state index contributed by atoms with van der Waals surface area (Å²) in [6, 6.07) is 9.46. The Kier molecular flexibility index (Phi) is 6.11. The summed E-state index contributed by atoms with van der Waals surface area (Å²) >= 11 is 0. The molecule has 136 valence electrons. The highest BCUT2D eigenvalue weighted by Gasteiger charge is 2.38. The maximum atomic E-state index is 12.1. The van der Waals surface area contributed by atoms with Crippen LogP contribution in [0.3, 0.4) is 0 Å². The lowest BCUT2D eigenvalue weighted by Gasteiger charge is -2.35. The number of benzene rings is 1. The zero-order valence-corrected chi connectivity index (χ0v) is 16.7. The van der Waals surface area contributed by atoms with Crippen LogP contribution in [-0.2, 0) is 13.9 Å². The second kappa shape index (κ2) is 7.91. The number of carbonyl (C=O) groups is 1. The Morgan fingerprint density at radius 2 is 1.88 bits per heavy atom. The number of allylic oxidation sites excluding steroid dienone is 1. The van der Waals surface area contributed by atoms with Gasteiger partial charge in [0.2, 0.25) is 8.32 Å². The molecule has 0 aliphatic heterocycles. The van der Waals surface area contributed by atoms with E-state index in [0.29, 0.717) is 5.76 Å². The number of hydrogen-bond acceptors (Lipinski definition) is 4. The molecule has 0 heterocycles. The van der Waals surface area contributed by atoms with Crippen molar-refractivity contribution < 1.29 is 18.7 Å². The third-order valence-electron chi connectivity index (χ3n) is 4.73. The SMILES string of the molecule is CC(C)(C)[Si](C)(C)O/C=C(\OC(=O)OC1C=CCC1)c1ccccc1. The van der Waals surface area contributed by atoms with Crippen LogP contribution in [0, 0.1) is 0 Å². The van der Waals surface area contributed by atoms with Crippen molar-refractivity contribution in [2.75, 3.05) is 0 Å². The summed E-state index contributed by atoms with van der Waals surface area (Å²) in [5.74, 6) is 0.373. The first kappa shape index (κ1) is 19.3. The van der Waals surface area contributed by atoms with E-state index in [1.807, 2.05) is 42.5 Å². The van der Waals surface area contributed by atoms with E-state index in [4.69, 9.17) is 13.9 Å². The molecule has 4 nitrogen and oxygen atoms in total. The van der Waals surface area contributed by atoms with Gasteiger partial charge in [-0.15, -0.1) is 0 Å². The van der Waals surface area contributed by atoms with E-state index >= 15 is 0 Å². The Morgan fingerprint density at radius 1 is 1.20 bits per heavy atom. The fraction of sp³-hybridized carbons (Fsp3) is 0.450. The Hall–Kier alpha value is -2.01. The Bertz CT molecular complexity index is 641. The van der Waals surface area contributed by atoms with E-state index in [2.05, 4.69) is 33.9 Å². The van der Waals surface area contributed by atoms with Crippen molar-refractivity contribution in [3.8, 4) is 0 Å². The molecule has 0 radical (unpaired) electrons. The molecule has 1 aliphatic carbocycles. The fourth-order valence-corrected chi connectivity index (χ4v) is 2.83. The topological polar surface area (TPSA) is 44.8 Å². The molecule has 0 fully saturated rings. The van der Waals surface area contributed by atoms with E-state index in [9.17, 15) is 4.79 Å². The van der Waals surface area contributed by atoms with E-state index in [1.54, 1.807) is 6.26 Å². The van der Waals surface area contributed by atoms with Gasteiger partial charge in [0.1, 0.15) is 12.4 Å². The monoisotopic (exact) mass is 360 g/mol. The van der Waals surface area contributed by atoms with Crippen molar-refractivity contribution in [1.29, 1.82) is 0 Å². The van der Waals surface area contributed by atoms with Crippen LogP contribution < -0.4 is 0 Å². The zero-order chi connectivity index (χ0) is 18.5. The highest BCUT2D eigenvalue weighted by molar-refractivity contribution is 6.74. The van der Waals surface area contributed by atoms with Gasteiger partial charge in [-0.1, -0.05) is 57.2 Å². The summed E-state index contributed by atoms with van der Waals surface area (Å²) in [5.41, 5.74) is 0.778. The van der Waals surface area contributed by atoms with Crippen molar-refractivity contribution in [3.05, 3.63) is 54.3 Å². The first-order valence-electron chi connectivity index (χ1n) is 8.67. The number of rotatable bonds is 5. The van der Waals surface area contributed by atoms with Gasteiger partial charge in [-0.3, -0.25) is 0 Å². The Balaban J connectivity index is 2.14. The van der Waals surface area contributed by atoms with Crippen molar-refractivity contribution in [2.24, 2.45) is 0 Å². The Labute approximate surface area is 151 Å². The lowest BCUT2D eigenvalue weighted by Crippen LogP contribution is -2.39. The summed E-state index contributed by atoms with van der Waals surface area (Å²) < 4.78 is 16.9. The molecule has 0 N–H and O–H groups in total. The summed E-state index contributed by atoms with van der Waals surface area (Å²) in [4.78, 5) is 12.1. The van der Waals surface area contributed by atoms with Crippen LogP contribution in [0.4, 0.5) is 4.79 Å². The lowest BCUT2D eigenvalue weighted by molar-refractivity contribution is 0.0677. The molecule has 1 aliphatic rings. The van der Waals surface area contributed by atoms with Crippen molar-refractivity contribution in [3.63, 3.8) is 0 Å². The van der Waals surface area contributed by atoms with Crippen LogP contribution in [0.15, 0.2) is 48.7 Å². The van der Waals surface area contributed by atoms with Crippen LogP contribution in [0.5, 0.6) is 0 Å². The molecule has 0 amide bonds. The molecule has 1 unspecified atom stereocenters. The molecule has 0 saturated carbocycles. The number of carbonyl (C=O) groups excluding carboxylic acids is 1. The average molecular weight is 361 g/mol. The minimum Gasteiger partial charge on any atom is -0.546 e. The van der Waals surface area contributed by atoms with Crippen LogP contribution in [0.1, 0.15) is 39.2 Å². The molecule has 0 bridgehead atoms. The van der Waals surface area contributed by atoms with E-state index in [1.165, 1.54) is 0 Å². The standard InChI is InChI=1S/C20H28O4Si/c1-20(2,3)25(4,5)22-15-18(16-11-7-6-8-12-16)24-19(21)23-17-13-9-10-14-17/h6-9,11-13,15,17H,10,14H2,1-5H3/b18-15-.